The number of nitrogens with zero attached hydrogens (tertiary/aromatic N) is 2. The summed E-state index contributed by atoms with van der Waals surface area (Å²) >= 11 is 0. The summed E-state index contributed by atoms with van der Waals surface area (Å²) in [5.74, 6) is 1.44. The van der Waals surface area contributed by atoms with E-state index >= 15 is 0 Å². The van der Waals surface area contributed by atoms with Crippen LogP contribution in [0.15, 0.2) is 24.3 Å². The summed E-state index contributed by atoms with van der Waals surface area (Å²) in [6.07, 6.45) is 3.12. The number of hydrogen-bond donors (Lipinski definition) is 2. The van der Waals surface area contributed by atoms with Gasteiger partial charge in [0.25, 0.3) is 0 Å². The van der Waals surface area contributed by atoms with Gasteiger partial charge in [0.05, 0.1) is 17.6 Å². The highest BCUT2D eigenvalue weighted by molar-refractivity contribution is 5.85. The van der Waals surface area contributed by atoms with Gasteiger partial charge in [-0.3, -0.25) is 4.79 Å². The third-order valence-electron chi connectivity index (χ3n) is 4.90. The van der Waals surface area contributed by atoms with Crippen molar-refractivity contribution in [3.05, 3.63) is 30.1 Å². The topological polar surface area (TPSA) is 72.9 Å². The second-order valence-corrected chi connectivity index (χ2v) is 6.73. The molecule has 7 heteroatoms. The van der Waals surface area contributed by atoms with Crippen molar-refractivity contribution in [3.8, 4) is 0 Å². The second kappa shape index (κ2) is 9.41. The molecule has 3 N–H and O–H groups in total. The quantitative estimate of drug-likeness (QED) is 0.825. The van der Waals surface area contributed by atoms with Crippen LogP contribution in [0.4, 0.5) is 0 Å². The first-order valence-electron chi connectivity index (χ1n) is 8.55. The Balaban J connectivity index is 0.00000156. The van der Waals surface area contributed by atoms with Crippen LogP contribution in [-0.2, 0) is 11.3 Å². The van der Waals surface area contributed by atoms with E-state index in [9.17, 15) is 4.79 Å². The number of carbonyl (C=O) groups excluding carboxylic acids is 1. The molecule has 5 nitrogen and oxygen atoms in total. The van der Waals surface area contributed by atoms with E-state index in [1.165, 1.54) is 0 Å². The molecule has 2 aromatic rings. The Labute approximate surface area is 161 Å². The van der Waals surface area contributed by atoms with Gasteiger partial charge in [-0.2, -0.15) is 0 Å². The molecule has 1 fully saturated rings. The molecule has 140 valence electrons. The zero-order valence-electron chi connectivity index (χ0n) is 14.8. The van der Waals surface area contributed by atoms with E-state index in [1.807, 2.05) is 18.2 Å². The summed E-state index contributed by atoms with van der Waals surface area (Å²) < 4.78 is 2.20. The maximum atomic E-state index is 12.5. The Kier molecular flexibility index (Phi) is 8.19. The Bertz CT molecular complexity index is 701. The summed E-state index contributed by atoms with van der Waals surface area (Å²) in [4.78, 5) is 17.2. The van der Waals surface area contributed by atoms with Crippen LogP contribution < -0.4 is 11.1 Å². The van der Waals surface area contributed by atoms with Crippen LogP contribution in [0.2, 0.25) is 0 Å². The van der Waals surface area contributed by atoms with Crippen LogP contribution in [0.5, 0.6) is 0 Å². The predicted molar refractivity (Wildman–Crippen MR) is 106 cm³/mol. The predicted octanol–water partition coefficient (Wildman–Crippen LogP) is 3.45. The van der Waals surface area contributed by atoms with Crippen LogP contribution in [0, 0.1) is 11.8 Å². The molecule has 0 spiro atoms. The van der Waals surface area contributed by atoms with E-state index in [-0.39, 0.29) is 36.6 Å². The van der Waals surface area contributed by atoms with Gasteiger partial charge in [-0.1, -0.05) is 18.6 Å². The highest BCUT2D eigenvalue weighted by atomic mass is 35.5. The zero-order chi connectivity index (χ0) is 16.4. The summed E-state index contributed by atoms with van der Waals surface area (Å²) in [6, 6.07) is 8.41. The highest BCUT2D eigenvalue weighted by Gasteiger charge is 2.31. The minimum absolute atomic E-state index is 0. The van der Waals surface area contributed by atoms with Gasteiger partial charge in [-0.15, -0.1) is 24.8 Å². The Hall–Kier alpha value is -1.30. The summed E-state index contributed by atoms with van der Waals surface area (Å²) in [5, 5.41) is 3.08. The number of fused-ring (bicyclic) bond motifs is 1. The normalized spacial score (nSPS) is 19.5. The first kappa shape index (κ1) is 21.7. The molecule has 1 aromatic heterocycles. The van der Waals surface area contributed by atoms with Crippen LogP contribution >= 0.6 is 24.8 Å². The van der Waals surface area contributed by atoms with Gasteiger partial charge < -0.3 is 15.6 Å². The maximum Gasteiger partial charge on any atom is 0.223 e. The smallest absolute Gasteiger partial charge is 0.223 e. The molecule has 1 heterocycles. The molecule has 0 aliphatic heterocycles. The largest absolute Gasteiger partial charge is 0.349 e. The fourth-order valence-corrected chi connectivity index (χ4v) is 3.76. The number of benzene rings is 1. The minimum atomic E-state index is 0. The van der Waals surface area contributed by atoms with Gasteiger partial charge in [0.2, 0.25) is 5.91 Å². The van der Waals surface area contributed by atoms with Crippen molar-refractivity contribution in [2.45, 2.75) is 45.7 Å². The number of rotatable bonds is 5. The molecule has 1 aromatic carbocycles. The number of nitrogens with two attached hydrogens (primary N) is 1. The lowest BCUT2D eigenvalue weighted by Gasteiger charge is -2.18. The molecule has 2 atom stereocenters. The van der Waals surface area contributed by atoms with Crippen molar-refractivity contribution >= 4 is 41.8 Å². The van der Waals surface area contributed by atoms with E-state index in [1.54, 1.807) is 0 Å². The van der Waals surface area contributed by atoms with Crippen LogP contribution in [0.1, 0.15) is 45.0 Å². The fourth-order valence-electron chi connectivity index (χ4n) is 3.76. The molecule has 1 amide bonds. The average molecular weight is 387 g/mol. The highest BCUT2D eigenvalue weighted by Crippen LogP contribution is 2.31. The molecule has 0 unspecified atom stereocenters. The van der Waals surface area contributed by atoms with Crippen LogP contribution in [0.25, 0.3) is 11.0 Å². The monoisotopic (exact) mass is 386 g/mol. The summed E-state index contributed by atoms with van der Waals surface area (Å²) in [5.41, 5.74) is 7.88. The van der Waals surface area contributed by atoms with Crippen LogP contribution in [-0.4, -0.2) is 22.0 Å². The van der Waals surface area contributed by atoms with Crippen molar-refractivity contribution in [1.82, 2.24) is 14.9 Å². The van der Waals surface area contributed by atoms with Gasteiger partial charge in [-0.05, 0) is 51.3 Å². The molecule has 25 heavy (non-hydrogen) atoms. The number of hydrogen-bond acceptors (Lipinski definition) is 3. The number of aromatic nitrogens is 2. The molecule has 0 bridgehead atoms. The lowest BCUT2D eigenvalue weighted by molar-refractivity contribution is -0.126. The zero-order valence-corrected chi connectivity index (χ0v) is 16.4. The third-order valence-corrected chi connectivity index (χ3v) is 4.90. The van der Waals surface area contributed by atoms with Gasteiger partial charge in [0.1, 0.15) is 5.82 Å². The maximum absolute atomic E-state index is 12.5. The van der Waals surface area contributed by atoms with E-state index in [0.717, 1.165) is 36.1 Å². The minimum Gasteiger partial charge on any atom is -0.349 e. The summed E-state index contributed by atoms with van der Waals surface area (Å²) in [7, 11) is 0. The van der Waals surface area contributed by atoms with E-state index < -0.39 is 0 Å². The van der Waals surface area contributed by atoms with Crippen molar-refractivity contribution in [3.63, 3.8) is 0 Å². The number of amides is 1. The lowest BCUT2D eigenvalue weighted by atomic mass is 9.95. The Morgan fingerprint density at radius 3 is 2.72 bits per heavy atom. The van der Waals surface area contributed by atoms with Gasteiger partial charge in [0.15, 0.2) is 0 Å². The lowest BCUT2D eigenvalue weighted by Crippen LogP contribution is -2.35. The number of nitrogens with one attached hydrogen (secondary N) is 1. The Morgan fingerprint density at radius 2 is 2.04 bits per heavy atom. The molecule has 0 saturated heterocycles. The molecular weight excluding hydrogens is 359 g/mol. The summed E-state index contributed by atoms with van der Waals surface area (Å²) in [6.45, 7) is 5.35. The Morgan fingerprint density at radius 1 is 1.32 bits per heavy atom. The third kappa shape index (κ3) is 4.46. The van der Waals surface area contributed by atoms with Crippen LogP contribution in [0.3, 0.4) is 0 Å². The molecular formula is C18H28Cl2N4O. The van der Waals surface area contributed by atoms with E-state index in [2.05, 4.69) is 29.8 Å². The van der Waals surface area contributed by atoms with Crippen molar-refractivity contribution in [2.24, 2.45) is 17.6 Å². The standard InChI is InChI=1S/C18H26N4O.2ClH/c1-12(2)22-16-9-4-3-8-15(16)21-17(22)11-20-18(23)14-7-5-6-13(14)10-19;;/h3-4,8-9,12-14H,5-7,10-11,19H2,1-2H3,(H,20,23);2*1H/t13-,14-;;/m1../s1. The van der Waals surface area contributed by atoms with Gasteiger partial charge >= 0.3 is 0 Å². The molecule has 0 radical (unpaired) electrons. The molecule has 1 saturated carbocycles. The molecule has 1 aliphatic rings. The first-order valence-corrected chi connectivity index (χ1v) is 8.55. The molecule has 3 rings (SSSR count). The number of para-hydroxylation sites is 2. The number of halogens is 2. The number of carbonyl (C=O) groups is 1. The SMILES string of the molecule is CC(C)n1c(CNC(=O)[C@@H]2CCC[C@@H]2CN)nc2ccccc21.Cl.Cl. The van der Waals surface area contributed by atoms with Crippen molar-refractivity contribution in [2.75, 3.05) is 6.54 Å². The van der Waals surface area contributed by atoms with E-state index in [4.69, 9.17) is 10.7 Å². The van der Waals surface area contributed by atoms with Crippen molar-refractivity contribution < 1.29 is 4.79 Å². The van der Waals surface area contributed by atoms with E-state index in [0.29, 0.717) is 25.0 Å². The number of imidazole rings is 1. The van der Waals surface area contributed by atoms with Gasteiger partial charge in [0, 0.05) is 12.0 Å². The van der Waals surface area contributed by atoms with Crippen molar-refractivity contribution in [1.29, 1.82) is 0 Å². The molecule has 1 aliphatic carbocycles. The fraction of sp³-hybridized carbons (Fsp3) is 0.556. The van der Waals surface area contributed by atoms with Gasteiger partial charge in [-0.25, -0.2) is 4.98 Å². The average Bonchev–Trinajstić information content (AvgIpc) is 3.16. The first-order chi connectivity index (χ1) is 11.1. The second-order valence-electron chi connectivity index (χ2n) is 6.73.